The Morgan fingerprint density at radius 2 is 2.11 bits per heavy atom. The summed E-state index contributed by atoms with van der Waals surface area (Å²) in [7, 11) is 1.50. The summed E-state index contributed by atoms with van der Waals surface area (Å²) in [5, 5.41) is 2.83. The number of ether oxygens (including phenoxy) is 2. The normalized spacial score (nSPS) is 10.3. The first-order valence-electron chi connectivity index (χ1n) is 5.40. The number of aromatic nitrogens is 1. The molecule has 0 atom stereocenters. The third-order valence-electron chi connectivity index (χ3n) is 2.37. The Kier molecular flexibility index (Phi) is 3.27. The highest BCUT2D eigenvalue weighted by Crippen LogP contribution is 2.23. The molecule has 0 aliphatic heterocycles. The van der Waals surface area contributed by atoms with Gasteiger partial charge in [-0.05, 0) is 13.0 Å². The molecule has 0 aliphatic rings. The van der Waals surface area contributed by atoms with Crippen LogP contribution in [0.25, 0.3) is 0 Å². The number of hydrogen-bond donors (Lipinski definition) is 1. The average molecular weight is 248 g/mol. The summed E-state index contributed by atoms with van der Waals surface area (Å²) in [6.45, 7) is 2.08. The summed E-state index contributed by atoms with van der Waals surface area (Å²) >= 11 is 0. The fourth-order valence-electron chi connectivity index (χ4n) is 1.51. The average Bonchev–Trinajstić information content (AvgIpc) is 2.42. The van der Waals surface area contributed by atoms with Gasteiger partial charge in [-0.15, -0.1) is 0 Å². The summed E-state index contributed by atoms with van der Waals surface area (Å²) < 4.78 is 10.1. The zero-order valence-corrected chi connectivity index (χ0v) is 10.0. The number of rotatable bonds is 5. The Labute approximate surface area is 103 Å². The lowest BCUT2D eigenvalue weighted by Gasteiger charge is -2.13. The van der Waals surface area contributed by atoms with E-state index in [4.69, 9.17) is 9.47 Å². The van der Waals surface area contributed by atoms with Gasteiger partial charge in [0.25, 0.3) is 10.9 Å². The van der Waals surface area contributed by atoms with Crippen molar-refractivity contribution in [2.24, 2.45) is 0 Å². The van der Waals surface area contributed by atoms with Crippen LogP contribution >= 0.6 is 0 Å². The highest BCUT2D eigenvalue weighted by molar-refractivity contribution is 5.70. The second-order valence-corrected chi connectivity index (χ2v) is 3.51. The number of hydrogen-bond acceptors (Lipinski definition) is 6. The quantitative estimate of drug-likeness (QED) is 0.790. The molecule has 6 nitrogen and oxygen atoms in total. The van der Waals surface area contributed by atoms with Crippen LogP contribution in [0, 0.1) is 0 Å². The molecule has 1 heterocycles. The molecule has 0 unspecified atom stereocenters. The Morgan fingerprint density at radius 1 is 1.33 bits per heavy atom. The summed E-state index contributed by atoms with van der Waals surface area (Å²) in [5.41, 5.74) is -0.389. The molecule has 2 rings (SSSR count). The van der Waals surface area contributed by atoms with Crippen molar-refractivity contribution in [2.45, 2.75) is 6.92 Å². The van der Waals surface area contributed by atoms with Gasteiger partial charge in [-0.1, -0.05) is 0 Å². The zero-order chi connectivity index (χ0) is 13.1. The van der Waals surface area contributed by atoms with Crippen LogP contribution < -0.4 is 25.6 Å². The number of methoxy groups -OCH3 is 1. The second kappa shape index (κ2) is 4.87. The summed E-state index contributed by atoms with van der Waals surface area (Å²) in [6, 6.07) is 3.28. The number of pyridine rings is 1. The van der Waals surface area contributed by atoms with E-state index in [-0.39, 0.29) is 11.4 Å². The molecule has 6 heteroatoms. The standard InChI is InChI=1S/C12H12N2O4/c1-3-18-12-9(10(15)11(12)16)14-7-4-5-13-8(6-7)17-2/h4-6H,3H2,1-2H3,(H,13,14). The maximum atomic E-state index is 11.4. The SMILES string of the molecule is CCOc1c(Nc2ccnc(OC)c2)c(=O)c1=O. The lowest BCUT2D eigenvalue weighted by atomic mass is 10.2. The Hall–Kier alpha value is -2.37. The van der Waals surface area contributed by atoms with Gasteiger partial charge < -0.3 is 14.8 Å². The maximum absolute atomic E-state index is 11.4. The maximum Gasteiger partial charge on any atom is 0.272 e. The van der Waals surface area contributed by atoms with Gasteiger partial charge in [0, 0.05) is 18.0 Å². The molecule has 1 N–H and O–H groups in total. The predicted octanol–water partition coefficient (Wildman–Crippen LogP) is 0.828. The molecule has 0 radical (unpaired) electrons. The van der Waals surface area contributed by atoms with Crippen molar-refractivity contribution in [2.75, 3.05) is 19.0 Å². The second-order valence-electron chi connectivity index (χ2n) is 3.51. The van der Waals surface area contributed by atoms with E-state index >= 15 is 0 Å². The first kappa shape index (κ1) is 12.1. The van der Waals surface area contributed by atoms with E-state index in [0.29, 0.717) is 18.2 Å². The minimum Gasteiger partial charge on any atom is -0.488 e. The van der Waals surface area contributed by atoms with Gasteiger partial charge >= 0.3 is 0 Å². The molecule has 0 amide bonds. The van der Waals surface area contributed by atoms with E-state index in [1.165, 1.54) is 13.3 Å². The molecule has 0 saturated heterocycles. The predicted molar refractivity (Wildman–Crippen MR) is 66.6 cm³/mol. The first-order valence-corrected chi connectivity index (χ1v) is 5.40. The zero-order valence-electron chi connectivity index (χ0n) is 10.0. The van der Waals surface area contributed by atoms with Crippen LogP contribution in [0.4, 0.5) is 11.4 Å². The fourth-order valence-corrected chi connectivity index (χ4v) is 1.51. The molecular weight excluding hydrogens is 236 g/mol. The fraction of sp³-hybridized carbons (Fsp3) is 0.250. The first-order chi connectivity index (χ1) is 8.67. The molecule has 0 fully saturated rings. The van der Waals surface area contributed by atoms with Crippen LogP contribution in [0.3, 0.4) is 0 Å². The molecule has 0 spiro atoms. The van der Waals surface area contributed by atoms with Crippen molar-refractivity contribution >= 4 is 11.4 Å². The van der Waals surface area contributed by atoms with Gasteiger partial charge in [0.1, 0.15) is 5.69 Å². The molecule has 94 valence electrons. The van der Waals surface area contributed by atoms with E-state index in [2.05, 4.69) is 10.3 Å². The van der Waals surface area contributed by atoms with Crippen molar-refractivity contribution in [3.05, 3.63) is 38.8 Å². The molecule has 2 aromatic rings. The molecule has 0 aliphatic carbocycles. The molecule has 18 heavy (non-hydrogen) atoms. The van der Waals surface area contributed by atoms with Crippen molar-refractivity contribution in [3.63, 3.8) is 0 Å². The van der Waals surface area contributed by atoms with Gasteiger partial charge in [-0.3, -0.25) is 9.59 Å². The van der Waals surface area contributed by atoms with Crippen LogP contribution in [0.1, 0.15) is 6.92 Å². The van der Waals surface area contributed by atoms with Gasteiger partial charge in [0.05, 0.1) is 13.7 Å². The Bertz CT molecular complexity index is 629. The molecule has 1 aromatic carbocycles. The third kappa shape index (κ3) is 2.04. The van der Waals surface area contributed by atoms with Gasteiger partial charge in [-0.25, -0.2) is 4.98 Å². The van der Waals surface area contributed by atoms with Crippen LogP contribution in [-0.2, 0) is 0 Å². The topological polar surface area (TPSA) is 77.5 Å². The van der Waals surface area contributed by atoms with Gasteiger partial charge in [0.2, 0.25) is 5.88 Å². The lowest BCUT2D eigenvalue weighted by molar-refractivity contribution is 0.335. The molecular formula is C12H12N2O4. The highest BCUT2D eigenvalue weighted by Gasteiger charge is 2.22. The van der Waals surface area contributed by atoms with E-state index in [9.17, 15) is 9.59 Å². The Morgan fingerprint density at radius 3 is 2.78 bits per heavy atom. The highest BCUT2D eigenvalue weighted by atomic mass is 16.5. The van der Waals surface area contributed by atoms with E-state index < -0.39 is 10.9 Å². The van der Waals surface area contributed by atoms with Crippen molar-refractivity contribution < 1.29 is 9.47 Å². The minimum absolute atomic E-state index is 0.0817. The van der Waals surface area contributed by atoms with Crippen molar-refractivity contribution in [3.8, 4) is 11.6 Å². The summed E-state index contributed by atoms with van der Waals surface area (Å²) in [4.78, 5) is 26.6. The smallest absolute Gasteiger partial charge is 0.272 e. The van der Waals surface area contributed by atoms with Gasteiger partial charge in [-0.2, -0.15) is 0 Å². The third-order valence-corrected chi connectivity index (χ3v) is 2.37. The monoisotopic (exact) mass is 248 g/mol. The minimum atomic E-state index is -0.597. The van der Waals surface area contributed by atoms with Crippen LogP contribution in [0.2, 0.25) is 0 Å². The molecule has 0 bridgehead atoms. The largest absolute Gasteiger partial charge is 0.488 e. The van der Waals surface area contributed by atoms with E-state index in [1.807, 2.05) is 0 Å². The number of nitrogens with one attached hydrogen (secondary N) is 1. The van der Waals surface area contributed by atoms with E-state index in [0.717, 1.165) is 0 Å². The number of anilines is 2. The number of nitrogens with zero attached hydrogens (tertiary/aromatic N) is 1. The Balaban J connectivity index is 2.26. The summed E-state index contributed by atoms with van der Waals surface area (Å²) in [6.07, 6.45) is 1.53. The molecule has 0 saturated carbocycles. The van der Waals surface area contributed by atoms with Crippen molar-refractivity contribution in [1.29, 1.82) is 0 Å². The summed E-state index contributed by atoms with van der Waals surface area (Å²) in [5.74, 6) is 0.495. The van der Waals surface area contributed by atoms with Crippen LogP contribution in [0.15, 0.2) is 27.9 Å². The van der Waals surface area contributed by atoms with Crippen LogP contribution in [0.5, 0.6) is 11.6 Å². The lowest BCUT2D eigenvalue weighted by Crippen LogP contribution is -2.35. The van der Waals surface area contributed by atoms with Crippen LogP contribution in [-0.4, -0.2) is 18.7 Å². The van der Waals surface area contributed by atoms with E-state index in [1.54, 1.807) is 19.1 Å². The van der Waals surface area contributed by atoms with Gasteiger partial charge in [0.15, 0.2) is 5.75 Å². The molecule has 1 aromatic heterocycles. The van der Waals surface area contributed by atoms with Crippen molar-refractivity contribution in [1.82, 2.24) is 4.98 Å².